The molecule has 2 saturated heterocycles. The van der Waals surface area contributed by atoms with Gasteiger partial charge in [-0.1, -0.05) is 42.4 Å². The molecule has 2 fully saturated rings. The lowest BCUT2D eigenvalue weighted by atomic mass is 9.96. The largest absolute Gasteiger partial charge is 0.462 e. The van der Waals surface area contributed by atoms with Gasteiger partial charge in [-0.3, -0.25) is 4.79 Å². The quantitative estimate of drug-likeness (QED) is 0.345. The summed E-state index contributed by atoms with van der Waals surface area (Å²) >= 11 is 6.70. The molecule has 3 aromatic rings. The fraction of sp³-hybridized carbons (Fsp3) is 0.469. The van der Waals surface area contributed by atoms with Gasteiger partial charge in [0.05, 0.1) is 17.3 Å². The van der Waals surface area contributed by atoms with E-state index in [2.05, 4.69) is 52.6 Å². The Balaban J connectivity index is 1.32. The molecule has 4 heterocycles. The summed E-state index contributed by atoms with van der Waals surface area (Å²) in [4.78, 5) is 29.5. The smallest absolute Gasteiger partial charge is 0.318 e. The monoisotopic (exact) mass is 559 g/mol. The molecule has 8 heteroatoms. The summed E-state index contributed by atoms with van der Waals surface area (Å²) in [5.41, 5.74) is 3.34. The molecule has 0 N–H and O–H groups in total. The number of anilines is 2. The zero-order chi connectivity index (χ0) is 27.6. The van der Waals surface area contributed by atoms with Crippen LogP contribution in [0.25, 0.3) is 10.8 Å². The zero-order valence-electron chi connectivity index (χ0n) is 23.3. The molecule has 7 nitrogen and oxygen atoms in total. The van der Waals surface area contributed by atoms with Crippen LogP contribution in [0.1, 0.15) is 43.4 Å². The highest BCUT2D eigenvalue weighted by molar-refractivity contribution is 6.36. The number of hydrogen-bond donors (Lipinski definition) is 0. The van der Waals surface area contributed by atoms with Crippen LogP contribution in [0.3, 0.4) is 0 Å². The van der Waals surface area contributed by atoms with Crippen LogP contribution in [-0.4, -0.2) is 66.5 Å². The average molecular weight is 560 g/mol. The number of hydrogen-bond acceptors (Lipinski definition) is 7. The molecule has 2 aromatic carbocycles. The highest BCUT2D eigenvalue weighted by Gasteiger charge is 2.30. The van der Waals surface area contributed by atoms with Gasteiger partial charge >= 0.3 is 6.01 Å². The van der Waals surface area contributed by atoms with Crippen molar-refractivity contribution < 1.29 is 9.53 Å². The molecule has 3 aliphatic heterocycles. The normalized spacial score (nSPS) is 21.8. The van der Waals surface area contributed by atoms with Gasteiger partial charge in [-0.15, -0.1) is 0 Å². The van der Waals surface area contributed by atoms with Crippen LogP contribution in [0.5, 0.6) is 6.01 Å². The third-order valence-electron chi connectivity index (χ3n) is 8.90. The first kappa shape index (κ1) is 27.0. The number of aromatic nitrogens is 2. The Hall–Kier alpha value is -3.16. The predicted molar refractivity (Wildman–Crippen MR) is 162 cm³/mol. The number of rotatable bonds is 7. The van der Waals surface area contributed by atoms with E-state index in [0.29, 0.717) is 25.2 Å². The van der Waals surface area contributed by atoms with Gasteiger partial charge in [-0.2, -0.15) is 9.97 Å². The summed E-state index contributed by atoms with van der Waals surface area (Å²) in [6.45, 7) is 8.59. The fourth-order valence-corrected chi connectivity index (χ4v) is 6.86. The minimum atomic E-state index is 0.0420. The summed E-state index contributed by atoms with van der Waals surface area (Å²) in [5, 5.41) is 2.98. The molecular weight excluding hydrogens is 522 g/mol. The second kappa shape index (κ2) is 11.8. The van der Waals surface area contributed by atoms with Gasteiger partial charge in [-0.25, -0.2) is 0 Å². The highest BCUT2D eigenvalue weighted by atomic mass is 35.5. The van der Waals surface area contributed by atoms with Crippen molar-refractivity contribution in [3.8, 4) is 6.01 Å². The van der Waals surface area contributed by atoms with E-state index in [0.717, 1.165) is 91.3 Å². The molecule has 1 aromatic heterocycles. The van der Waals surface area contributed by atoms with Gasteiger partial charge in [0.25, 0.3) is 0 Å². The molecule has 0 amide bonds. The number of halogens is 1. The maximum Gasteiger partial charge on any atom is 0.318 e. The van der Waals surface area contributed by atoms with E-state index in [4.69, 9.17) is 26.3 Å². The Bertz CT molecular complexity index is 1410. The van der Waals surface area contributed by atoms with Gasteiger partial charge in [0, 0.05) is 48.2 Å². The Labute approximate surface area is 241 Å². The number of carbonyl (C=O) groups is 1. The molecule has 0 radical (unpaired) electrons. The number of ether oxygens (including phenoxy) is 1. The van der Waals surface area contributed by atoms with E-state index in [-0.39, 0.29) is 11.7 Å². The van der Waals surface area contributed by atoms with Crippen LogP contribution >= 0.6 is 11.6 Å². The Morgan fingerprint density at radius 1 is 1.05 bits per heavy atom. The van der Waals surface area contributed by atoms with E-state index < -0.39 is 0 Å². The molecule has 0 spiro atoms. The second-order valence-electron chi connectivity index (χ2n) is 11.4. The number of benzene rings is 2. The lowest BCUT2D eigenvalue weighted by Crippen LogP contribution is -2.35. The van der Waals surface area contributed by atoms with Crippen molar-refractivity contribution in [2.75, 3.05) is 49.6 Å². The minimum Gasteiger partial charge on any atom is -0.462 e. The van der Waals surface area contributed by atoms with Crippen LogP contribution < -0.4 is 14.5 Å². The molecular formula is C32H38ClN5O2. The summed E-state index contributed by atoms with van der Waals surface area (Å²) < 4.78 is 6.30. The molecule has 40 heavy (non-hydrogen) atoms. The number of likely N-dealkylation sites (N-methyl/N-ethyl adjacent to an activating group) is 1. The third-order valence-corrected chi connectivity index (χ3v) is 9.22. The minimum absolute atomic E-state index is 0.0420. The van der Waals surface area contributed by atoms with E-state index >= 15 is 0 Å². The Morgan fingerprint density at radius 2 is 1.88 bits per heavy atom. The van der Waals surface area contributed by atoms with E-state index in [1.54, 1.807) is 0 Å². The first-order valence-electron chi connectivity index (χ1n) is 14.6. The molecule has 0 aliphatic carbocycles. The third kappa shape index (κ3) is 5.41. The molecule has 210 valence electrons. The van der Waals surface area contributed by atoms with Crippen molar-refractivity contribution in [1.82, 2.24) is 14.9 Å². The van der Waals surface area contributed by atoms with Crippen molar-refractivity contribution in [3.63, 3.8) is 0 Å². The molecule has 0 bridgehead atoms. The Morgan fingerprint density at radius 3 is 2.67 bits per heavy atom. The molecule has 3 aliphatic rings. The van der Waals surface area contributed by atoms with Gasteiger partial charge < -0.3 is 19.4 Å². The van der Waals surface area contributed by atoms with Crippen LogP contribution in [0.15, 0.2) is 49.1 Å². The van der Waals surface area contributed by atoms with Crippen molar-refractivity contribution >= 4 is 39.7 Å². The predicted octanol–water partition coefficient (Wildman–Crippen LogP) is 5.68. The van der Waals surface area contributed by atoms with E-state index in [1.807, 2.05) is 12.1 Å². The van der Waals surface area contributed by atoms with Gasteiger partial charge in [0.1, 0.15) is 12.4 Å². The summed E-state index contributed by atoms with van der Waals surface area (Å²) in [5.74, 6) is 1.17. The number of allylic oxidation sites excluding steroid dienone is 1. The summed E-state index contributed by atoms with van der Waals surface area (Å²) in [6, 6.07) is 13.3. The number of fused-ring (bicyclic) bond motifs is 2. The lowest BCUT2D eigenvalue weighted by Gasteiger charge is -2.34. The lowest BCUT2D eigenvalue weighted by molar-refractivity contribution is -0.118. The molecule has 0 saturated carbocycles. The maximum atomic E-state index is 12.4. The Kier molecular flexibility index (Phi) is 7.94. The maximum absolute atomic E-state index is 12.4. The topological polar surface area (TPSA) is 61.8 Å². The van der Waals surface area contributed by atoms with Crippen LogP contribution in [-0.2, 0) is 17.8 Å². The highest BCUT2D eigenvalue weighted by Crippen LogP contribution is 2.37. The van der Waals surface area contributed by atoms with Crippen molar-refractivity contribution in [2.45, 2.75) is 51.1 Å². The summed E-state index contributed by atoms with van der Waals surface area (Å²) in [6.07, 6.45) is 7.30. The summed E-state index contributed by atoms with van der Waals surface area (Å²) in [7, 11) is 2.16. The number of likely N-dealkylation sites (tertiary alicyclic amines) is 1. The average Bonchev–Trinajstić information content (AvgIpc) is 3.23. The first-order valence-corrected chi connectivity index (χ1v) is 15.0. The SMILES string of the molecule is C=CC(=O)C1CCCN(c2nc(OC[C@@H]3CCCN3C)nc3c2CCN(c2cccc4cccc(Cl)c24)C3)CC1. The van der Waals surface area contributed by atoms with Gasteiger partial charge in [0.15, 0.2) is 5.78 Å². The van der Waals surface area contributed by atoms with Gasteiger partial charge in [0.2, 0.25) is 0 Å². The zero-order valence-corrected chi connectivity index (χ0v) is 24.1. The van der Waals surface area contributed by atoms with E-state index in [9.17, 15) is 4.79 Å². The number of nitrogens with zero attached hydrogens (tertiary/aromatic N) is 5. The molecule has 6 rings (SSSR count). The van der Waals surface area contributed by atoms with Crippen molar-refractivity contribution in [1.29, 1.82) is 0 Å². The van der Waals surface area contributed by atoms with Crippen LogP contribution in [0.4, 0.5) is 11.5 Å². The number of carbonyl (C=O) groups excluding carboxylic acids is 1. The standard InChI is InChI=1S/C32H38ClN5O2/c1-3-29(39)22-10-6-17-37(18-14-22)31-25-15-19-38(28-13-5-9-23-8-4-12-26(33)30(23)28)20-27(25)34-32(35-31)40-21-24-11-7-16-36(24)2/h3-5,8-9,12-13,22,24H,1,6-7,10-11,14-21H2,2H3/t22?,24-/m0/s1. The fourth-order valence-electron chi connectivity index (χ4n) is 6.58. The first-order chi connectivity index (χ1) is 19.5. The molecule has 2 atom stereocenters. The van der Waals surface area contributed by atoms with Crippen molar-refractivity contribution in [3.05, 3.63) is 65.3 Å². The second-order valence-corrected chi connectivity index (χ2v) is 11.8. The molecule has 1 unspecified atom stereocenters. The van der Waals surface area contributed by atoms with Gasteiger partial charge in [-0.05, 0) is 75.7 Å². The van der Waals surface area contributed by atoms with Crippen LogP contribution in [0.2, 0.25) is 5.02 Å². The van der Waals surface area contributed by atoms with Crippen LogP contribution in [0, 0.1) is 5.92 Å². The van der Waals surface area contributed by atoms with Crippen molar-refractivity contribution in [2.24, 2.45) is 5.92 Å². The van der Waals surface area contributed by atoms with E-state index in [1.165, 1.54) is 18.1 Å². The number of ketones is 1.